The lowest BCUT2D eigenvalue weighted by atomic mass is 10.1. The van der Waals surface area contributed by atoms with Crippen molar-refractivity contribution in [3.8, 4) is 5.75 Å². The van der Waals surface area contributed by atoms with Crippen LogP contribution in [0.25, 0.3) is 0 Å². The summed E-state index contributed by atoms with van der Waals surface area (Å²) in [5.41, 5.74) is 7.75. The molecule has 1 amide bonds. The van der Waals surface area contributed by atoms with Gasteiger partial charge < -0.3 is 15.8 Å². The maximum Gasteiger partial charge on any atom is 0.236 e. The molecule has 17 heavy (non-hydrogen) atoms. The lowest BCUT2D eigenvalue weighted by Crippen LogP contribution is -2.40. The van der Waals surface area contributed by atoms with E-state index in [0.717, 1.165) is 5.75 Å². The van der Waals surface area contributed by atoms with Gasteiger partial charge in [-0.05, 0) is 44.0 Å². The highest BCUT2D eigenvalue weighted by Gasteiger charge is 2.05. The fraction of sp³-hybridized carbons (Fsp3) is 0.462. The first-order valence-corrected chi connectivity index (χ1v) is 5.73. The summed E-state index contributed by atoms with van der Waals surface area (Å²) in [6, 6.07) is 5.56. The van der Waals surface area contributed by atoms with Crippen LogP contribution in [-0.4, -0.2) is 25.1 Å². The van der Waals surface area contributed by atoms with Crippen molar-refractivity contribution < 1.29 is 9.53 Å². The Labute approximate surface area is 102 Å². The fourth-order valence-electron chi connectivity index (χ4n) is 1.52. The van der Waals surface area contributed by atoms with Gasteiger partial charge in [0.1, 0.15) is 12.4 Å². The SMILES string of the molecule is Cc1cc(C)cc(OCCNC(=O)C(C)N)c1. The zero-order chi connectivity index (χ0) is 12.8. The molecule has 4 heteroatoms. The maximum absolute atomic E-state index is 11.2. The molecule has 3 N–H and O–H groups in total. The Hall–Kier alpha value is -1.55. The van der Waals surface area contributed by atoms with E-state index >= 15 is 0 Å². The van der Waals surface area contributed by atoms with E-state index in [1.165, 1.54) is 11.1 Å². The van der Waals surface area contributed by atoms with Crippen molar-refractivity contribution in [2.75, 3.05) is 13.2 Å². The minimum Gasteiger partial charge on any atom is -0.492 e. The molecule has 0 saturated carbocycles. The Morgan fingerprint density at radius 1 is 1.35 bits per heavy atom. The number of hydrogen-bond donors (Lipinski definition) is 2. The number of aryl methyl sites for hydroxylation is 2. The van der Waals surface area contributed by atoms with Crippen molar-refractivity contribution in [1.82, 2.24) is 5.32 Å². The van der Waals surface area contributed by atoms with Crippen molar-refractivity contribution in [3.05, 3.63) is 29.3 Å². The summed E-state index contributed by atoms with van der Waals surface area (Å²) in [5.74, 6) is 0.673. The molecule has 1 atom stereocenters. The fourth-order valence-corrected chi connectivity index (χ4v) is 1.52. The van der Waals surface area contributed by atoms with Crippen LogP contribution >= 0.6 is 0 Å². The lowest BCUT2D eigenvalue weighted by Gasteiger charge is -2.10. The summed E-state index contributed by atoms with van der Waals surface area (Å²) in [7, 11) is 0. The summed E-state index contributed by atoms with van der Waals surface area (Å²) >= 11 is 0. The summed E-state index contributed by atoms with van der Waals surface area (Å²) in [5, 5.41) is 2.69. The Morgan fingerprint density at radius 3 is 2.47 bits per heavy atom. The van der Waals surface area contributed by atoms with Crippen LogP contribution in [-0.2, 0) is 4.79 Å². The standard InChI is InChI=1S/C13H20N2O2/c1-9-6-10(2)8-12(7-9)17-5-4-15-13(16)11(3)14/h6-8,11H,4-5,14H2,1-3H3,(H,15,16). The van der Waals surface area contributed by atoms with E-state index in [4.69, 9.17) is 10.5 Å². The molecule has 1 rings (SSSR count). The molecule has 4 nitrogen and oxygen atoms in total. The highest BCUT2D eigenvalue weighted by molar-refractivity contribution is 5.80. The predicted octanol–water partition coefficient (Wildman–Crippen LogP) is 1.15. The number of rotatable bonds is 5. The third kappa shape index (κ3) is 4.87. The first-order chi connectivity index (χ1) is 7.99. The van der Waals surface area contributed by atoms with Gasteiger partial charge in [0.2, 0.25) is 5.91 Å². The molecule has 0 aliphatic heterocycles. The van der Waals surface area contributed by atoms with Gasteiger partial charge in [0.05, 0.1) is 12.6 Å². The number of hydrogen-bond acceptors (Lipinski definition) is 3. The van der Waals surface area contributed by atoms with Crippen LogP contribution in [0, 0.1) is 13.8 Å². The number of ether oxygens (including phenoxy) is 1. The molecule has 0 saturated heterocycles. The van der Waals surface area contributed by atoms with Gasteiger partial charge in [-0.2, -0.15) is 0 Å². The van der Waals surface area contributed by atoms with E-state index in [9.17, 15) is 4.79 Å². The van der Waals surface area contributed by atoms with Crippen molar-refractivity contribution in [1.29, 1.82) is 0 Å². The van der Waals surface area contributed by atoms with Crippen LogP contribution in [0.5, 0.6) is 5.75 Å². The molecule has 0 aliphatic rings. The van der Waals surface area contributed by atoms with Gasteiger partial charge in [-0.3, -0.25) is 4.79 Å². The Bertz CT molecular complexity index is 369. The second kappa shape index (κ2) is 6.25. The average molecular weight is 236 g/mol. The third-order valence-electron chi connectivity index (χ3n) is 2.28. The highest BCUT2D eigenvalue weighted by atomic mass is 16.5. The molecule has 94 valence electrons. The topological polar surface area (TPSA) is 64.3 Å². The van der Waals surface area contributed by atoms with Gasteiger partial charge in [-0.1, -0.05) is 6.07 Å². The molecule has 0 heterocycles. The highest BCUT2D eigenvalue weighted by Crippen LogP contribution is 2.15. The zero-order valence-electron chi connectivity index (χ0n) is 10.6. The van der Waals surface area contributed by atoms with Gasteiger partial charge in [-0.25, -0.2) is 0 Å². The van der Waals surface area contributed by atoms with Gasteiger partial charge in [0, 0.05) is 0 Å². The molecule has 0 radical (unpaired) electrons. The van der Waals surface area contributed by atoms with E-state index < -0.39 is 6.04 Å². The second-order valence-electron chi connectivity index (χ2n) is 4.25. The molecule has 0 aromatic heterocycles. The second-order valence-corrected chi connectivity index (χ2v) is 4.25. The molecule has 0 spiro atoms. The van der Waals surface area contributed by atoms with Crippen LogP contribution in [0.2, 0.25) is 0 Å². The number of benzene rings is 1. The largest absolute Gasteiger partial charge is 0.492 e. The van der Waals surface area contributed by atoms with E-state index in [1.807, 2.05) is 26.0 Å². The number of carbonyl (C=O) groups is 1. The molecule has 0 fully saturated rings. The van der Waals surface area contributed by atoms with Crippen LogP contribution < -0.4 is 15.8 Å². The Morgan fingerprint density at radius 2 is 1.94 bits per heavy atom. The predicted molar refractivity (Wildman–Crippen MR) is 68.1 cm³/mol. The van der Waals surface area contributed by atoms with Gasteiger partial charge >= 0.3 is 0 Å². The molecular weight excluding hydrogens is 216 g/mol. The average Bonchev–Trinajstić information content (AvgIpc) is 2.22. The quantitative estimate of drug-likeness (QED) is 0.754. The number of nitrogens with one attached hydrogen (secondary N) is 1. The van der Waals surface area contributed by atoms with Crippen LogP contribution in [0.4, 0.5) is 0 Å². The summed E-state index contributed by atoms with van der Waals surface area (Å²) in [6.45, 7) is 6.62. The van der Waals surface area contributed by atoms with E-state index in [0.29, 0.717) is 13.2 Å². The van der Waals surface area contributed by atoms with E-state index in [1.54, 1.807) is 6.92 Å². The minimum atomic E-state index is -0.476. The molecule has 0 aliphatic carbocycles. The first kappa shape index (κ1) is 13.5. The summed E-state index contributed by atoms with van der Waals surface area (Å²) in [4.78, 5) is 11.2. The molecular formula is C13H20N2O2. The van der Waals surface area contributed by atoms with Crippen molar-refractivity contribution in [3.63, 3.8) is 0 Å². The van der Waals surface area contributed by atoms with Gasteiger partial charge in [0.25, 0.3) is 0 Å². The molecule has 1 unspecified atom stereocenters. The van der Waals surface area contributed by atoms with Crippen molar-refractivity contribution in [2.24, 2.45) is 5.73 Å². The Balaban J connectivity index is 2.33. The summed E-state index contributed by atoms with van der Waals surface area (Å²) < 4.78 is 5.54. The maximum atomic E-state index is 11.2. The lowest BCUT2D eigenvalue weighted by molar-refractivity contribution is -0.122. The van der Waals surface area contributed by atoms with Gasteiger partial charge in [-0.15, -0.1) is 0 Å². The number of carbonyl (C=O) groups excluding carboxylic acids is 1. The van der Waals surface area contributed by atoms with Crippen molar-refractivity contribution in [2.45, 2.75) is 26.8 Å². The molecule has 1 aromatic rings. The smallest absolute Gasteiger partial charge is 0.236 e. The third-order valence-corrected chi connectivity index (χ3v) is 2.28. The zero-order valence-corrected chi connectivity index (χ0v) is 10.6. The van der Waals surface area contributed by atoms with E-state index in [-0.39, 0.29) is 5.91 Å². The normalized spacial score (nSPS) is 12.0. The molecule has 1 aromatic carbocycles. The van der Waals surface area contributed by atoms with Gasteiger partial charge in [0.15, 0.2) is 0 Å². The van der Waals surface area contributed by atoms with Crippen LogP contribution in [0.1, 0.15) is 18.1 Å². The first-order valence-electron chi connectivity index (χ1n) is 5.73. The number of amides is 1. The Kier molecular flexibility index (Phi) is 4.97. The van der Waals surface area contributed by atoms with Crippen LogP contribution in [0.15, 0.2) is 18.2 Å². The van der Waals surface area contributed by atoms with Crippen molar-refractivity contribution >= 4 is 5.91 Å². The van der Waals surface area contributed by atoms with Crippen LogP contribution in [0.3, 0.4) is 0 Å². The molecule has 0 bridgehead atoms. The number of nitrogens with two attached hydrogens (primary N) is 1. The monoisotopic (exact) mass is 236 g/mol. The van der Waals surface area contributed by atoms with E-state index in [2.05, 4.69) is 11.4 Å². The summed E-state index contributed by atoms with van der Waals surface area (Å²) in [6.07, 6.45) is 0. The minimum absolute atomic E-state index is 0.158.